The number of hydrogen-bond acceptors (Lipinski definition) is 3. The summed E-state index contributed by atoms with van der Waals surface area (Å²) in [7, 11) is 0. The predicted molar refractivity (Wildman–Crippen MR) is 189 cm³/mol. The number of aliphatic carboxylic acids is 1. The quantitative estimate of drug-likeness (QED) is 0.323. The lowest BCUT2D eigenvalue weighted by molar-refractivity contribution is -0.230. The number of carboxylic acids is 1. The lowest BCUT2D eigenvalue weighted by Crippen LogP contribution is -2.67. The van der Waals surface area contributed by atoms with Crippen molar-refractivity contribution < 1.29 is 32.7 Å². The molecular formula is C43H52F3NO4. The Hall–Kier alpha value is -3.16. The van der Waals surface area contributed by atoms with Crippen LogP contribution in [-0.4, -0.2) is 22.9 Å². The van der Waals surface area contributed by atoms with Crippen molar-refractivity contribution in [3.8, 4) is 0 Å². The van der Waals surface area contributed by atoms with Crippen molar-refractivity contribution in [1.82, 2.24) is 0 Å². The van der Waals surface area contributed by atoms with Crippen LogP contribution in [0, 0.1) is 57.2 Å². The normalized spacial score (nSPS) is 39.5. The summed E-state index contributed by atoms with van der Waals surface area (Å²) in [6.07, 6.45) is 2.13. The molecule has 1 N–H and O–H groups in total. The third kappa shape index (κ3) is 4.25. The molecule has 1 aliphatic heterocycles. The second kappa shape index (κ2) is 10.7. The summed E-state index contributed by atoms with van der Waals surface area (Å²) in [5.74, 6) is -0.667. The van der Waals surface area contributed by atoms with Crippen LogP contribution in [0.1, 0.15) is 137 Å². The highest BCUT2D eigenvalue weighted by atomic mass is 19.4. The molecule has 0 bridgehead atoms. The maximum absolute atomic E-state index is 15.2. The van der Waals surface area contributed by atoms with E-state index in [2.05, 4.69) is 34.6 Å². The zero-order valence-electron chi connectivity index (χ0n) is 31.0. The fraction of sp³-hybridized carbons (Fsp3) is 0.651. The Morgan fingerprint density at radius 3 is 2.18 bits per heavy atom. The molecular weight excluding hydrogens is 651 g/mol. The van der Waals surface area contributed by atoms with Crippen molar-refractivity contribution in [2.45, 2.75) is 118 Å². The second-order valence-corrected chi connectivity index (χ2v) is 19.0. The standard InChI is InChI=1S/C43H52F3NO4/c1-23(2)25-15-18-42(37(50)51)20-19-40(6)28(33(25)42)13-14-31-39(5)22-27-29(43(44,45)46)21-26-32(34(27)38(3,4)30(39)16-17-41(31,40)7)36(49)47(35(26)48)24-11-9-8-10-12-24/h8-12,21,23,25,28,30-31,33H,13-20,22H2,1-7H3,(H,50,51)/t25-,28+,30-,31+,33+,39-,40+,41+,42-/m0/s1. The van der Waals surface area contributed by atoms with Gasteiger partial charge < -0.3 is 5.11 Å². The number of nitrogens with zero attached hydrogens (tertiary/aromatic N) is 1. The minimum Gasteiger partial charge on any atom is -0.481 e. The molecule has 8 heteroatoms. The number of alkyl halides is 3. The zero-order chi connectivity index (χ0) is 36.8. The summed E-state index contributed by atoms with van der Waals surface area (Å²) in [5, 5.41) is 10.8. The molecule has 2 aromatic rings. The van der Waals surface area contributed by atoms with Gasteiger partial charge in [-0.3, -0.25) is 14.4 Å². The van der Waals surface area contributed by atoms with Gasteiger partial charge in [-0.15, -0.1) is 0 Å². The SMILES string of the molecule is CC(C)[C@@H]1CC[C@]2(C(=O)O)CC[C@]3(C)[C@H](CC[C@@H]4[C@@]5(C)Cc6c(C(F)(F)F)cc7c(c6C(C)(C)[C@@H]5CC[C@]43C)C(=O)N(c3ccccc3)C7=O)[C@@H]12. The molecule has 4 saturated carbocycles. The van der Waals surface area contributed by atoms with Gasteiger partial charge in [-0.25, -0.2) is 4.90 Å². The Morgan fingerprint density at radius 1 is 0.863 bits per heavy atom. The Labute approximate surface area is 299 Å². The third-order valence-electron chi connectivity index (χ3n) is 16.7. The highest BCUT2D eigenvalue weighted by Gasteiger charge is 2.72. The first-order valence-corrected chi connectivity index (χ1v) is 19.2. The van der Waals surface area contributed by atoms with Crippen molar-refractivity contribution in [1.29, 1.82) is 0 Å². The van der Waals surface area contributed by atoms with Gasteiger partial charge in [-0.1, -0.05) is 66.7 Å². The number of fused-ring (bicyclic) bond motifs is 10. The number of halogens is 3. The molecule has 0 radical (unpaired) electrons. The number of anilines is 1. The molecule has 0 unspecified atom stereocenters. The van der Waals surface area contributed by atoms with Crippen LogP contribution in [0.15, 0.2) is 36.4 Å². The topological polar surface area (TPSA) is 74.7 Å². The number of benzene rings is 2. The van der Waals surface area contributed by atoms with E-state index < -0.39 is 45.8 Å². The number of carbonyl (C=O) groups excluding carboxylic acids is 2. The number of carboxylic acid groups (broad SMARTS) is 1. The van der Waals surface area contributed by atoms with Gasteiger partial charge in [0.1, 0.15) is 0 Å². The molecule has 2 aromatic carbocycles. The largest absolute Gasteiger partial charge is 0.481 e. The van der Waals surface area contributed by atoms with Crippen LogP contribution in [0.3, 0.4) is 0 Å². The molecule has 0 spiro atoms. The summed E-state index contributed by atoms with van der Waals surface area (Å²) in [4.78, 5) is 42.2. The number of rotatable bonds is 3. The molecule has 5 nitrogen and oxygen atoms in total. The van der Waals surface area contributed by atoms with E-state index in [0.29, 0.717) is 29.5 Å². The second-order valence-electron chi connectivity index (χ2n) is 19.0. The van der Waals surface area contributed by atoms with Crippen molar-refractivity contribution in [2.24, 2.45) is 57.2 Å². The molecule has 4 fully saturated rings. The van der Waals surface area contributed by atoms with Gasteiger partial charge in [0, 0.05) is 0 Å². The first-order chi connectivity index (χ1) is 23.8. The van der Waals surface area contributed by atoms with Crippen LogP contribution in [0.4, 0.5) is 18.9 Å². The first kappa shape index (κ1) is 34.9. The van der Waals surface area contributed by atoms with Crippen LogP contribution < -0.4 is 4.90 Å². The molecule has 0 saturated heterocycles. The van der Waals surface area contributed by atoms with E-state index in [1.54, 1.807) is 30.3 Å². The fourth-order valence-electron chi connectivity index (χ4n) is 14.5. The van der Waals surface area contributed by atoms with Gasteiger partial charge in [0.05, 0.1) is 27.8 Å². The van der Waals surface area contributed by atoms with Gasteiger partial charge in [0.25, 0.3) is 11.8 Å². The smallest absolute Gasteiger partial charge is 0.416 e. The Bertz CT molecular complexity index is 1850. The van der Waals surface area contributed by atoms with Crippen LogP contribution in [0.2, 0.25) is 0 Å². The van der Waals surface area contributed by atoms with E-state index >= 15 is 13.2 Å². The van der Waals surface area contributed by atoms with E-state index in [1.165, 1.54) is 0 Å². The average Bonchev–Trinajstić information content (AvgIpc) is 3.56. The van der Waals surface area contributed by atoms with E-state index in [1.807, 2.05) is 13.8 Å². The summed E-state index contributed by atoms with van der Waals surface area (Å²) >= 11 is 0. The van der Waals surface area contributed by atoms with Gasteiger partial charge >= 0.3 is 12.1 Å². The van der Waals surface area contributed by atoms with E-state index in [4.69, 9.17) is 0 Å². The van der Waals surface area contributed by atoms with Crippen molar-refractivity contribution in [2.75, 3.05) is 4.90 Å². The third-order valence-corrected chi connectivity index (χ3v) is 16.7. The van der Waals surface area contributed by atoms with Gasteiger partial charge in [0.2, 0.25) is 0 Å². The van der Waals surface area contributed by atoms with Crippen LogP contribution in [-0.2, 0) is 22.8 Å². The van der Waals surface area contributed by atoms with E-state index in [-0.39, 0.29) is 57.6 Å². The number of imide groups is 1. The summed E-state index contributed by atoms with van der Waals surface area (Å²) in [6.45, 7) is 15.5. The molecule has 6 aliphatic rings. The summed E-state index contributed by atoms with van der Waals surface area (Å²) in [6, 6.07) is 9.44. The van der Waals surface area contributed by atoms with Crippen LogP contribution >= 0.6 is 0 Å². The fourth-order valence-corrected chi connectivity index (χ4v) is 14.5. The Morgan fingerprint density at radius 2 is 1.55 bits per heavy atom. The Balaban J connectivity index is 1.26. The molecule has 2 amide bonds. The minimum atomic E-state index is -4.71. The monoisotopic (exact) mass is 703 g/mol. The first-order valence-electron chi connectivity index (χ1n) is 19.2. The number of carbonyl (C=O) groups is 3. The average molecular weight is 704 g/mol. The van der Waals surface area contributed by atoms with Crippen molar-refractivity contribution in [3.63, 3.8) is 0 Å². The molecule has 9 atom stereocenters. The maximum atomic E-state index is 15.2. The predicted octanol–water partition coefficient (Wildman–Crippen LogP) is 10.3. The molecule has 8 rings (SSSR count). The van der Waals surface area contributed by atoms with Crippen molar-refractivity contribution in [3.05, 3.63) is 64.2 Å². The van der Waals surface area contributed by atoms with Gasteiger partial charge in [-0.05, 0) is 144 Å². The summed E-state index contributed by atoms with van der Waals surface area (Å²) < 4.78 is 45.7. The lowest BCUT2D eigenvalue weighted by Gasteiger charge is -2.72. The van der Waals surface area contributed by atoms with E-state index in [0.717, 1.165) is 55.9 Å². The summed E-state index contributed by atoms with van der Waals surface area (Å²) in [5.41, 5.74) is -2.18. The zero-order valence-corrected chi connectivity index (χ0v) is 31.0. The van der Waals surface area contributed by atoms with Crippen LogP contribution in [0.25, 0.3) is 0 Å². The molecule has 5 aliphatic carbocycles. The molecule has 0 aromatic heterocycles. The molecule has 51 heavy (non-hydrogen) atoms. The highest BCUT2D eigenvalue weighted by molar-refractivity contribution is 6.35. The van der Waals surface area contributed by atoms with Crippen molar-refractivity contribution >= 4 is 23.5 Å². The highest BCUT2D eigenvalue weighted by Crippen LogP contribution is 2.77. The Kier molecular flexibility index (Phi) is 7.33. The lowest BCUT2D eigenvalue weighted by atomic mass is 9.32. The van der Waals surface area contributed by atoms with Gasteiger partial charge in [-0.2, -0.15) is 13.2 Å². The molecule has 1 heterocycles. The number of amides is 2. The molecule has 274 valence electrons. The van der Waals surface area contributed by atoms with E-state index in [9.17, 15) is 19.5 Å². The van der Waals surface area contributed by atoms with Gasteiger partial charge in [0.15, 0.2) is 0 Å². The maximum Gasteiger partial charge on any atom is 0.416 e. The minimum absolute atomic E-state index is 0.00594. The number of para-hydroxylation sites is 1. The van der Waals surface area contributed by atoms with Crippen LogP contribution in [0.5, 0.6) is 0 Å². The number of hydrogen-bond donors (Lipinski definition) is 1.